The zero-order valence-corrected chi connectivity index (χ0v) is 13.2. The van der Waals surface area contributed by atoms with Crippen molar-refractivity contribution in [3.05, 3.63) is 51.9 Å². The zero-order chi connectivity index (χ0) is 17.6. The van der Waals surface area contributed by atoms with Gasteiger partial charge < -0.3 is 15.1 Å². The van der Waals surface area contributed by atoms with Crippen molar-refractivity contribution in [3.63, 3.8) is 0 Å². The van der Waals surface area contributed by atoms with Crippen molar-refractivity contribution < 1.29 is 13.6 Å². The second kappa shape index (κ2) is 5.54. The second-order valence-electron chi connectivity index (χ2n) is 5.08. The van der Waals surface area contributed by atoms with Crippen LogP contribution < -0.4 is 5.73 Å². The van der Waals surface area contributed by atoms with Gasteiger partial charge in [-0.05, 0) is 6.07 Å². The number of oxazole rings is 1. The normalized spacial score (nSPS) is 10.9. The first kappa shape index (κ1) is 15.0. The van der Waals surface area contributed by atoms with E-state index in [-0.39, 0.29) is 33.8 Å². The number of halogens is 1. The quantitative estimate of drug-likeness (QED) is 0.546. The fourth-order valence-electron chi connectivity index (χ4n) is 2.42. The summed E-state index contributed by atoms with van der Waals surface area (Å²) in [6.45, 7) is 0. The number of nitriles is 1. The number of fused-ring (bicyclic) bond motifs is 1. The summed E-state index contributed by atoms with van der Waals surface area (Å²) in [6.07, 6.45) is 1.45. The number of hydrogen-bond donors (Lipinski definition) is 2. The molecule has 4 aromatic rings. The monoisotopic (exact) mass is 353 g/mol. The number of benzene rings is 1. The molecule has 4 rings (SSSR count). The Kier molecular flexibility index (Phi) is 3.33. The van der Waals surface area contributed by atoms with Crippen LogP contribution in [-0.2, 0) is 0 Å². The number of carbonyl (C=O) groups excluding carboxylic acids is 1. The molecule has 122 valence electrons. The number of nitrogens with zero attached hydrogens (tertiary/aromatic N) is 3. The van der Waals surface area contributed by atoms with Gasteiger partial charge in [0.05, 0.1) is 11.1 Å². The molecule has 0 fully saturated rings. The molecule has 7 nitrogen and oxygen atoms in total. The van der Waals surface area contributed by atoms with Gasteiger partial charge in [0.15, 0.2) is 5.01 Å². The van der Waals surface area contributed by atoms with Gasteiger partial charge in [-0.1, -0.05) is 12.1 Å². The first-order valence-corrected chi connectivity index (χ1v) is 7.89. The summed E-state index contributed by atoms with van der Waals surface area (Å²) in [6, 6.07) is 6.31. The van der Waals surface area contributed by atoms with E-state index < -0.39 is 5.82 Å². The van der Waals surface area contributed by atoms with Crippen LogP contribution in [0.1, 0.15) is 21.1 Å². The predicted molar refractivity (Wildman–Crippen MR) is 88.4 cm³/mol. The minimum Gasteiger partial charge on any atom is -0.418 e. The molecule has 0 saturated carbocycles. The van der Waals surface area contributed by atoms with Gasteiger partial charge in [-0.25, -0.2) is 9.37 Å². The highest BCUT2D eigenvalue weighted by molar-refractivity contribution is 7.12. The highest BCUT2D eigenvalue weighted by Crippen LogP contribution is 2.28. The first-order valence-electron chi connectivity index (χ1n) is 7.01. The summed E-state index contributed by atoms with van der Waals surface area (Å²) in [4.78, 5) is 23.6. The topological polar surface area (TPSA) is 122 Å². The molecule has 0 amide bonds. The van der Waals surface area contributed by atoms with E-state index in [0.29, 0.717) is 16.6 Å². The van der Waals surface area contributed by atoms with E-state index in [1.165, 1.54) is 18.3 Å². The van der Waals surface area contributed by atoms with E-state index in [1.807, 2.05) is 0 Å². The van der Waals surface area contributed by atoms with Gasteiger partial charge in [0, 0.05) is 17.0 Å². The van der Waals surface area contributed by atoms with Gasteiger partial charge in [-0.2, -0.15) is 10.2 Å². The minimum absolute atomic E-state index is 0.0389. The lowest BCUT2D eigenvalue weighted by atomic mass is 10.1. The predicted octanol–water partition coefficient (Wildman–Crippen LogP) is 3.10. The molecule has 3 heterocycles. The highest BCUT2D eigenvalue weighted by Gasteiger charge is 2.21. The van der Waals surface area contributed by atoms with Gasteiger partial charge in [-0.3, -0.25) is 4.79 Å². The summed E-state index contributed by atoms with van der Waals surface area (Å²) in [5, 5.41) is 11.1. The molecule has 0 aliphatic rings. The van der Waals surface area contributed by atoms with Crippen LogP contribution >= 0.6 is 11.3 Å². The molecule has 3 N–H and O–H groups in total. The molecule has 0 bridgehead atoms. The number of carbonyl (C=O) groups is 1. The molecule has 0 spiro atoms. The highest BCUT2D eigenvalue weighted by atomic mass is 32.1. The Bertz CT molecular complexity index is 1170. The van der Waals surface area contributed by atoms with Crippen LogP contribution in [0.2, 0.25) is 0 Å². The average molecular weight is 353 g/mol. The number of ketones is 1. The summed E-state index contributed by atoms with van der Waals surface area (Å²) in [7, 11) is 0. The van der Waals surface area contributed by atoms with E-state index in [9.17, 15) is 9.18 Å². The molecule has 0 unspecified atom stereocenters. The van der Waals surface area contributed by atoms with Crippen LogP contribution in [0.15, 0.2) is 34.2 Å². The molecule has 0 radical (unpaired) electrons. The smallest absolute Gasteiger partial charge is 0.249 e. The van der Waals surface area contributed by atoms with E-state index >= 15 is 0 Å². The molecule has 0 saturated heterocycles. The molecule has 3 aromatic heterocycles. The number of nitrogens with two attached hydrogens (primary N) is 1. The van der Waals surface area contributed by atoms with Crippen molar-refractivity contribution in [2.24, 2.45) is 0 Å². The summed E-state index contributed by atoms with van der Waals surface area (Å²) in [5.41, 5.74) is 6.37. The zero-order valence-electron chi connectivity index (χ0n) is 12.4. The number of nitrogens with one attached hydrogen (secondary N) is 1. The van der Waals surface area contributed by atoms with Gasteiger partial charge >= 0.3 is 0 Å². The number of rotatable bonds is 3. The number of H-pyrrole nitrogens is 1. The summed E-state index contributed by atoms with van der Waals surface area (Å²) in [5.74, 6) is -0.830. The van der Waals surface area contributed by atoms with Crippen molar-refractivity contribution in [2.75, 3.05) is 5.73 Å². The Morgan fingerprint density at radius 3 is 3.00 bits per heavy atom. The van der Waals surface area contributed by atoms with Crippen molar-refractivity contribution in [1.29, 1.82) is 5.26 Å². The summed E-state index contributed by atoms with van der Waals surface area (Å²) < 4.78 is 18.9. The first-order chi connectivity index (χ1) is 12.1. The van der Waals surface area contributed by atoms with Crippen LogP contribution in [0.3, 0.4) is 0 Å². The summed E-state index contributed by atoms with van der Waals surface area (Å²) >= 11 is 1.09. The lowest BCUT2D eigenvalue weighted by Gasteiger charge is -1.96. The lowest BCUT2D eigenvalue weighted by Crippen LogP contribution is -1.99. The van der Waals surface area contributed by atoms with Gasteiger partial charge in [-0.15, -0.1) is 11.3 Å². The SMILES string of the molecule is N#Cc1nc(-c2csc(C(=O)c3c[nH]c4c(F)cccc34)n2)oc1N. The Morgan fingerprint density at radius 2 is 2.24 bits per heavy atom. The van der Waals surface area contributed by atoms with Gasteiger partial charge in [0.2, 0.25) is 23.3 Å². The van der Waals surface area contributed by atoms with E-state index in [1.54, 1.807) is 17.5 Å². The maximum atomic E-state index is 13.8. The molecule has 0 atom stereocenters. The second-order valence-corrected chi connectivity index (χ2v) is 5.93. The molecular weight excluding hydrogens is 345 g/mol. The Balaban J connectivity index is 1.73. The third-order valence-electron chi connectivity index (χ3n) is 3.59. The Labute approximate surface area is 143 Å². The maximum absolute atomic E-state index is 13.8. The standard InChI is InChI=1S/C16H8FN5O2S/c17-9-3-1-2-7-8(5-20-12(7)9)13(23)16-22-11(6-25-16)15-21-10(4-18)14(19)24-15/h1-3,5-6,20H,19H2. The molecule has 9 heteroatoms. The number of anilines is 1. The number of nitrogen functional groups attached to an aromatic ring is 1. The number of thiazole rings is 1. The van der Waals surface area contributed by atoms with Crippen molar-refractivity contribution in [1.82, 2.24) is 15.0 Å². The van der Waals surface area contributed by atoms with Crippen LogP contribution in [0.5, 0.6) is 0 Å². The van der Waals surface area contributed by atoms with Gasteiger partial charge in [0.1, 0.15) is 17.6 Å². The molecule has 25 heavy (non-hydrogen) atoms. The minimum atomic E-state index is -0.435. The Morgan fingerprint density at radius 1 is 1.40 bits per heavy atom. The van der Waals surface area contributed by atoms with Crippen LogP contribution in [0.4, 0.5) is 10.3 Å². The van der Waals surface area contributed by atoms with Gasteiger partial charge in [0.25, 0.3) is 0 Å². The molecule has 0 aliphatic carbocycles. The largest absolute Gasteiger partial charge is 0.418 e. The number of hydrogen-bond acceptors (Lipinski definition) is 7. The van der Waals surface area contributed by atoms with Crippen LogP contribution in [0.25, 0.3) is 22.5 Å². The van der Waals surface area contributed by atoms with E-state index in [2.05, 4.69) is 15.0 Å². The van der Waals surface area contributed by atoms with E-state index in [0.717, 1.165) is 11.3 Å². The van der Waals surface area contributed by atoms with Crippen molar-refractivity contribution in [2.45, 2.75) is 0 Å². The lowest BCUT2D eigenvalue weighted by molar-refractivity contribution is 0.104. The molecular formula is C16H8FN5O2S. The average Bonchev–Trinajstić information content (AvgIpc) is 3.32. The van der Waals surface area contributed by atoms with Crippen molar-refractivity contribution in [3.8, 4) is 17.7 Å². The number of aromatic nitrogens is 3. The third-order valence-corrected chi connectivity index (χ3v) is 4.43. The fraction of sp³-hybridized carbons (Fsp3) is 0. The fourth-order valence-corrected chi connectivity index (χ4v) is 3.16. The number of para-hydroxylation sites is 1. The van der Waals surface area contributed by atoms with Crippen LogP contribution in [0, 0.1) is 17.1 Å². The Hall–Kier alpha value is -3.51. The van der Waals surface area contributed by atoms with Crippen molar-refractivity contribution >= 4 is 33.9 Å². The van der Waals surface area contributed by atoms with Crippen LogP contribution in [-0.4, -0.2) is 20.7 Å². The molecule has 1 aromatic carbocycles. The third kappa shape index (κ3) is 2.36. The molecule has 0 aliphatic heterocycles. The number of aromatic amines is 1. The van der Waals surface area contributed by atoms with E-state index in [4.69, 9.17) is 15.4 Å². The maximum Gasteiger partial charge on any atom is 0.249 e.